The lowest BCUT2D eigenvalue weighted by Gasteiger charge is -2.11. The van der Waals surface area contributed by atoms with Crippen LogP contribution in [-0.4, -0.2) is 9.97 Å². The maximum atomic E-state index is 4.33. The lowest BCUT2D eigenvalue weighted by Crippen LogP contribution is -1.96. The molecule has 0 spiro atoms. The predicted molar refractivity (Wildman–Crippen MR) is 58.5 cm³/mol. The second-order valence-corrected chi connectivity index (χ2v) is 3.79. The molecule has 72 valence electrons. The molecule has 0 unspecified atom stereocenters. The Labute approximate surface area is 84.0 Å². The summed E-state index contributed by atoms with van der Waals surface area (Å²) in [5.41, 5.74) is 6.34. The molecule has 0 amide bonds. The van der Waals surface area contributed by atoms with Crippen molar-refractivity contribution in [2.45, 2.75) is 27.7 Å². The summed E-state index contributed by atoms with van der Waals surface area (Å²) in [6.45, 7) is 8.56. The van der Waals surface area contributed by atoms with E-state index < -0.39 is 0 Å². The van der Waals surface area contributed by atoms with Crippen LogP contribution >= 0.6 is 0 Å². The number of hydrogen-bond acceptors (Lipinski definition) is 2. The Hall–Kier alpha value is -1.44. The molecule has 2 rings (SSSR count). The predicted octanol–water partition coefficient (Wildman–Crippen LogP) is 2.86. The van der Waals surface area contributed by atoms with Crippen LogP contribution in [0.25, 0.3) is 10.9 Å². The van der Waals surface area contributed by atoms with Crippen molar-refractivity contribution >= 4 is 10.9 Å². The molecular weight excluding hydrogens is 172 g/mol. The van der Waals surface area contributed by atoms with Gasteiger partial charge in [-0.3, -0.25) is 0 Å². The molecule has 2 nitrogen and oxygen atoms in total. The highest BCUT2D eigenvalue weighted by atomic mass is 14.8. The highest BCUT2D eigenvalue weighted by molar-refractivity contribution is 5.86. The molecule has 0 fully saturated rings. The normalized spacial score (nSPS) is 10.9. The molecule has 0 radical (unpaired) electrons. The minimum atomic E-state index is 1.08. The van der Waals surface area contributed by atoms with E-state index in [4.69, 9.17) is 0 Å². The van der Waals surface area contributed by atoms with Crippen molar-refractivity contribution < 1.29 is 0 Å². The van der Waals surface area contributed by atoms with E-state index in [1.807, 2.05) is 6.20 Å². The molecule has 0 saturated heterocycles. The van der Waals surface area contributed by atoms with Crippen LogP contribution in [0.2, 0.25) is 0 Å². The number of nitrogens with zero attached hydrogens (tertiary/aromatic N) is 2. The zero-order valence-electron chi connectivity index (χ0n) is 9.05. The molecular formula is C12H14N2. The van der Waals surface area contributed by atoms with Crippen molar-refractivity contribution in [1.29, 1.82) is 0 Å². The number of aryl methyl sites for hydroxylation is 2. The molecule has 1 aromatic heterocycles. The van der Waals surface area contributed by atoms with Gasteiger partial charge in [-0.2, -0.15) is 0 Å². The van der Waals surface area contributed by atoms with Gasteiger partial charge in [-0.15, -0.1) is 0 Å². The first-order valence-electron chi connectivity index (χ1n) is 4.79. The fourth-order valence-electron chi connectivity index (χ4n) is 1.84. The lowest BCUT2D eigenvalue weighted by molar-refractivity contribution is 1.17. The molecule has 0 aliphatic rings. The van der Waals surface area contributed by atoms with Crippen molar-refractivity contribution in [2.24, 2.45) is 0 Å². The first-order chi connectivity index (χ1) is 6.63. The van der Waals surface area contributed by atoms with Crippen LogP contribution in [0.5, 0.6) is 0 Å². The molecule has 2 heteroatoms. The van der Waals surface area contributed by atoms with E-state index in [1.165, 1.54) is 27.6 Å². The third kappa shape index (κ3) is 1.10. The molecule has 0 N–H and O–H groups in total. The number of aromatic nitrogens is 2. The summed E-state index contributed by atoms with van der Waals surface area (Å²) in [6.07, 6.45) is 3.51. The summed E-state index contributed by atoms with van der Waals surface area (Å²) in [4.78, 5) is 8.41. The summed E-state index contributed by atoms with van der Waals surface area (Å²) < 4.78 is 0. The second kappa shape index (κ2) is 3.05. The first kappa shape index (κ1) is 9.13. The van der Waals surface area contributed by atoms with Crippen molar-refractivity contribution in [3.63, 3.8) is 0 Å². The highest BCUT2D eigenvalue weighted by Gasteiger charge is 2.08. The molecule has 0 aliphatic heterocycles. The average Bonchev–Trinajstić information content (AvgIpc) is 2.23. The van der Waals surface area contributed by atoms with Crippen molar-refractivity contribution in [3.8, 4) is 0 Å². The Morgan fingerprint density at radius 3 is 2.21 bits per heavy atom. The van der Waals surface area contributed by atoms with Crippen LogP contribution in [0.1, 0.15) is 22.3 Å². The van der Waals surface area contributed by atoms with Crippen molar-refractivity contribution in [2.75, 3.05) is 0 Å². The van der Waals surface area contributed by atoms with Crippen LogP contribution in [0, 0.1) is 27.7 Å². The molecule has 2 aromatic rings. The Morgan fingerprint density at radius 1 is 0.857 bits per heavy atom. The highest BCUT2D eigenvalue weighted by Crippen LogP contribution is 2.26. The third-order valence-corrected chi connectivity index (χ3v) is 3.16. The quantitative estimate of drug-likeness (QED) is 0.632. The molecule has 14 heavy (non-hydrogen) atoms. The van der Waals surface area contributed by atoms with E-state index in [2.05, 4.69) is 37.7 Å². The maximum absolute atomic E-state index is 4.33. The minimum Gasteiger partial charge on any atom is -0.244 e. The van der Waals surface area contributed by atoms with Gasteiger partial charge in [-0.05, 0) is 49.9 Å². The zero-order chi connectivity index (χ0) is 10.3. The molecule has 1 heterocycles. The molecule has 0 aliphatic carbocycles. The fraction of sp³-hybridized carbons (Fsp3) is 0.333. The van der Waals surface area contributed by atoms with E-state index in [0.717, 1.165) is 5.52 Å². The first-order valence-corrected chi connectivity index (χ1v) is 4.79. The summed E-state index contributed by atoms with van der Waals surface area (Å²) in [7, 11) is 0. The van der Waals surface area contributed by atoms with Gasteiger partial charge in [0.15, 0.2) is 0 Å². The smallest absolute Gasteiger partial charge is 0.116 e. The van der Waals surface area contributed by atoms with Gasteiger partial charge in [-0.1, -0.05) is 0 Å². The van der Waals surface area contributed by atoms with Gasteiger partial charge in [-0.25, -0.2) is 9.97 Å². The Morgan fingerprint density at radius 2 is 1.50 bits per heavy atom. The van der Waals surface area contributed by atoms with Gasteiger partial charge >= 0.3 is 0 Å². The average molecular weight is 186 g/mol. The monoisotopic (exact) mass is 186 g/mol. The molecule has 0 saturated carbocycles. The number of benzene rings is 1. The number of hydrogen-bond donors (Lipinski definition) is 0. The number of rotatable bonds is 0. The van der Waals surface area contributed by atoms with E-state index >= 15 is 0 Å². The fourth-order valence-corrected chi connectivity index (χ4v) is 1.84. The Bertz CT molecular complexity index is 455. The SMILES string of the molecule is Cc1c(C)c(C)c2ncncc2c1C. The zero-order valence-corrected chi connectivity index (χ0v) is 9.05. The van der Waals surface area contributed by atoms with Gasteiger partial charge in [0.05, 0.1) is 5.52 Å². The van der Waals surface area contributed by atoms with Crippen LogP contribution in [0.15, 0.2) is 12.5 Å². The molecule has 0 bridgehead atoms. The van der Waals surface area contributed by atoms with Gasteiger partial charge in [0.25, 0.3) is 0 Å². The largest absolute Gasteiger partial charge is 0.244 e. The van der Waals surface area contributed by atoms with Crippen LogP contribution < -0.4 is 0 Å². The van der Waals surface area contributed by atoms with Gasteiger partial charge in [0.2, 0.25) is 0 Å². The van der Waals surface area contributed by atoms with Gasteiger partial charge in [0, 0.05) is 11.6 Å². The van der Waals surface area contributed by atoms with Crippen molar-refractivity contribution in [1.82, 2.24) is 9.97 Å². The lowest BCUT2D eigenvalue weighted by atomic mass is 9.95. The number of fused-ring (bicyclic) bond motifs is 1. The van der Waals surface area contributed by atoms with Crippen molar-refractivity contribution in [3.05, 3.63) is 34.8 Å². The summed E-state index contributed by atoms with van der Waals surface area (Å²) in [5, 5.41) is 1.17. The van der Waals surface area contributed by atoms with Crippen LogP contribution in [0.3, 0.4) is 0 Å². The summed E-state index contributed by atoms with van der Waals surface area (Å²) in [6, 6.07) is 0. The standard InChI is InChI=1S/C12H14N2/c1-7-8(2)10(4)12-11(9(7)3)5-13-6-14-12/h5-6H,1-4H3. The molecule has 0 atom stereocenters. The summed E-state index contributed by atoms with van der Waals surface area (Å²) in [5.74, 6) is 0. The van der Waals surface area contributed by atoms with E-state index in [0.29, 0.717) is 0 Å². The third-order valence-electron chi connectivity index (χ3n) is 3.16. The van der Waals surface area contributed by atoms with Crippen LogP contribution in [0.4, 0.5) is 0 Å². The maximum Gasteiger partial charge on any atom is 0.116 e. The van der Waals surface area contributed by atoms with Gasteiger partial charge < -0.3 is 0 Å². The van der Waals surface area contributed by atoms with E-state index in [-0.39, 0.29) is 0 Å². The molecule has 1 aromatic carbocycles. The summed E-state index contributed by atoms with van der Waals surface area (Å²) >= 11 is 0. The Balaban J connectivity index is 3.02. The van der Waals surface area contributed by atoms with E-state index in [9.17, 15) is 0 Å². The Kier molecular flexibility index (Phi) is 1.99. The second-order valence-electron chi connectivity index (χ2n) is 3.79. The topological polar surface area (TPSA) is 25.8 Å². The van der Waals surface area contributed by atoms with E-state index in [1.54, 1.807) is 6.33 Å². The van der Waals surface area contributed by atoms with Crippen LogP contribution in [-0.2, 0) is 0 Å². The van der Waals surface area contributed by atoms with Gasteiger partial charge in [0.1, 0.15) is 6.33 Å². The minimum absolute atomic E-state index is 1.08.